The Hall–Kier alpha value is -5.58. The summed E-state index contributed by atoms with van der Waals surface area (Å²) >= 11 is 0. The third-order valence-electron chi connectivity index (χ3n) is 10.7. The van der Waals surface area contributed by atoms with Crippen LogP contribution in [0.2, 0.25) is 0 Å². The number of amides is 4. The van der Waals surface area contributed by atoms with Gasteiger partial charge in [-0.15, -0.1) is 0 Å². The molecule has 17 heteroatoms. The third-order valence-corrected chi connectivity index (χ3v) is 10.7. The summed E-state index contributed by atoms with van der Waals surface area (Å²) in [5.74, 6) is -1.46. The minimum atomic E-state index is -4.70. The molecule has 0 spiro atoms. The maximum Gasteiger partial charge on any atom is 0.433 e. The van der Waals surface area contributed by atoms with Gasteiger partial charge in [0, 0.05) is 49.6 Å². The molecule has 4 amide bonds. The number of aromatic nitrogens is 3. The molecule has 3 saturated heterocycles. The van der Waals surface area contributed by atoms with E-state index < -0.39 is 35.4 Å². The number of nitrogens with zero attached hydrogens (tertiary/aromatic N) is 5. The first kappa shape index (κ1) is 39.6. The van der Waals surface area contributed by atoms with Gasteiger partial charge in [0.15, 0.2) is 0 Å². The van der Waals surface area contributed by atoms with Crippen molar-refractivity contribution < 1.29 is 41.5 Å². The van der Waals surface area contributed by atoms with E-state index in [4.69, 9.17) is 9.72 Å². The van der Waals surface area contributed by atoms with Gasteiger partial charge in [-0.3, -0.25) is 29.4 Å². The monoisotopic (exact) mass is 792 g/mol. The summed E-state index contributed by atoms with van der Waals surface area (Å²) in [7, 11) is 0. The number of imide groups is 1. The average molecular weight is 793 g/mol. The minimum absolute atomic E-state index is 0.00915. The van der Waals surface area contributed by atoms with Crippen molar-refractivity contribution in [3.63, 3.8) is 0 Å². The number of hydrogen-bond donors (Lipinski definition) is 3. The fourth-order valence-electron chi connectivity index (χ4n) is 7.68. The highest BCUT2D eigenvalue weighted by Gasteiger charge is 2.34. The molecule has 4 aromatic rings. The summed E-state index contributed by atoms with van der Waals surface area (Å²) in [5, 5.41) is 7.96. The Labute approximate surface area is 326 Å². The number of rotatable bonds is 10. The Kier molecular flexibility index (Phi) is 11.5. The zero-order valence-electron chi connectivity index (χ0n) is 31.6. The van der Waals surface area contributed by atoms with Crippen molar-refractivity contribution in [2.45, 2.75) is 82.5 Å². The zero-order valence-corrected chi connectivity index (χ0v) is 31.6. The Morgan fingerprint density at radius 3 is 2.37 bits per heavy atom. The van der Waals surface area contributed by atoms with Crippen molar-refractivity contribution in [2.24, 2.45) is 0 Å². The molecule has 3 N–H and O–H groups in total. The molecule has 3 fully saturated rings. The fraction of sp³-hybridized carbons (Fsp3) is 0.450. The number of nitrogens with one attached hydrogen (secondary N) is 3. The lowest BCUT2D eigenvalue weighted by Crippen LogP contribution is -2.47. The van der Waals surface area contributed by atoms with Crippen LogP contribution in [0.4, 0.5) is 28.9 Å². The molecule has 57 heavy (non-hydrogen) atoms. The van der Waals surface area contributed by atoms with E-state index in [0.717, 1.165) is 17.8 Å². The number of pyridine rings is 2. The van der Waals surface area contributed by atoms with Crippen LogP contribution in [0.1, 0.15) is 91.6 Å². The van der Waals surface area contributed by atoms with Crippen LogP contribution in [0, 0.1) is 5.82 Å². The smallest absolute Gasteiger partial charge is 0.433 e. The van der Waals surface area contributed by atoms with E-state index in [1.54, 1.807) is 28.8 Å². The molecule has 3 aliphatic heterocycles. The Morgan fingerprint density at radius 1 is 0.947 bits per heavy atom. The van der Waals surface area contributed by atoms with Crippen molar-refractivity contribution in [1.82, 2.24) is 29.5 Å². The normalized spacial score (nSPS) is 18.9. The number of carbonyl (C=O) groups excluding carboxylic acids is 4. The zero-order chi connectivity index (χ0) is 40.4. The molecule has 0 bridgehead atoms. The molecule has 1 unspecified atom stereocenters. The second kappa shape index (κ2) is 16.5. The lowest BCUT2D eigenvalue weighted by Gasteiger charge is -2.35. The molecule has 0 saturated carbocycles. The number of likely N-dealkylation sites (tertiary alicyclic amines) is 2. The summed E-state index contributed by atoms with van der Waals surface area (Å²) < 4.78 is 62.6. The second-order valence-corrected chi connectivity index (χ2v) is 15.1. The molecule has 1 atom stereocenters. The maximum absolute atomic E-state index is 15.2. The molecule has 6 heterocycles. The highest BCUT2D eigenvalue weighted by Crippen LogP contribution is 2.34. The first-order valence-electron chi connectivity index (χ1n) is 19.1. The van der Waals surface area contributed by atoms with Crippen LogP contribution < -0.4 is 20.7 Å². The van der Waals surface area contributed by atoms with Crippen molar-refractivity contribution >= 4 is 40.7 Å². The number of anilines is 2. The van der Waals surface area contributed by atoms with Crippen molar-refractivity contribution in [1.29, 1.82) is 0 Å². The number of halogens is 4. The van der Waals surface area contributed by atoms with Gasteiger partial charge in [-0.25, -0.2) is 14.4 Å². The van der Waals surface area contributed by atoms with Crippen LogP contribution >= 0.6 is 0 Å². The van der Waals surface area contributed by atoms with Crippen LogP contribution in [0.15, 0.2) is 54.9 Å². The van der Waals surface area contributed by atoms with Crippen LogP contribution in [0.5, 0.6) is 5.75 Å². The number of benzene rings is 1. The maximum atomic E-state index is 15.2. The number of ether oxygens (including phenoxy) is 1. The molecular formula is C40H44F4N8O5. The minimum Gasteiger partial charge on any atom is -0.489 e. The number of fused-ring (bicyclic) bond motifs is 1. The van der Waals surface area contributed by atoms with E-state index in [-0.39, 0.29) is 54.2 Å². The lowest BCUT2D eigenvalue weighted by atomic mass is 9.88. The highest BCUT2D eigenvalue weighted by atomic mass is 19.4. The van der Waals surface area contributed by atoms with E-state index in [0.29, 0.717) is 80.9 Å². The van der Waals surface area contributed by atoms with Crippen molar-refractivity contribution in [2.75, 3.05) is 43.4 Å². The van der Waals surface area contributed by atoms with Gasteiger partial charge in [-0.05, 0) is 94.8 Å². The van der Waals surface area contributed by atoms with E-state index in [9.17, 15) is 32.3 Å². The van der Waals surface area contributed by atoms with Gasteiger partial charge in [-0.2, -0.15) is 13.2 Å². The molecule has 0 radical (unpaired) electrons. The molecule has 0 aliphatic carbocycles. The summed E-state index contributed by atoms with van der Waals surface area (Å²) in [6.45, 7) is 6.35. The summed E-state index contributed by atoms with van der Waals surface area (Å²) in [6, 6.07) is 9.12. The lowest BCUT2D eigenvalue weighted by molar-refractivity contribution is -0.141. The third kappa shape index (κ3) is 9.35. The van der Waals surface area contributed by atoms with E-state index >= 15 is 4.39 Å². The van der Waals surface area contributed by atoms with Crippen LogP contribution in [-0.2, 0) is 20.6 Å². The first-order valence-corrected chi connectivity index (χ1v) is 19.1. The number of imidazole rings is 1. The number of carbonyl (C=O) groups is 4. The Balaban J connectivity index is 0.916. The van der Waals surface area contributed by atoms with E-state index in [1.165, 1.54) is 12.1 Å². The Bertz CT molecular complexity index is 2160. The quantitative estimate of drug-likeness (QED) is 0.135. The van der Waals surface area contributed by atoms with Gasteiger partial charge >= 0.3 is 6.18 Å². The van der Waals surface area contributed by atoms with Gasteiger partial charge < -0.3 is 24.7 Å². The fourth-order valence-corrected chi connectivity index (χ4v) is 7.68. The van der Waals surface area contributed by atoms with Gasteiger partial charge in [0.25, 0.3) is 5.91 Å². The number of piperidine rings is 3. The molecular weight excluding hydrogens is 748 g/mol. The van der Waals surface area contributed by atoms with Crippen molar-refractivity contribution in [3.8, 4) is 5.75 Å². The SMILES string of the molecule is CC(C)Oc1cc2nc(C3CCN(C(=O)CN4CCC(c5ccc(NC6CCC(=O)NC6=O)cc5F)CC4)CC3)cn2cc1NC(=O)c1cccc(C(F)(F)F)n1. The Morgan fingerprint density at radius 2 is 1.68 bits per heavy atom. The predicted molar refractivity (Wildman–Crippen MR) is 201 cm³/mol. The molecule has 302 valence electrons. The van der Waals surface area contributed by atoms with Crippen LogP contribution in [-0.4, -0.2) is 92.7 Å². The number of hydrogen-bond acceptors (Lipinski definition) is 9. The largest absolute Gasteiger partial charge is 0.489 e. The van der Waals surface area contributed by atoms with Crippen LogP contribution in [0.3, 0.4) is 0 Å². The standard InChI is InChI=1S/C40H44F4N8O5/c1-23(2)57-33-19-35-47-31(20-52(35)21-32(33)48-38(55)29-4-3-5-34(46-29)40(42,43)44)25-12-16-51(17-13-25)37(54)22-50-14-10-24(11-15-50)27-7-6-26(18-28(27)41)45-30-8-9-36(53)49-39(30)56/h3-7,18-21,23-25,30,45H,8-17,22H2,1-2H3,(H,48,55)(H,49,53,56). The molecule has 7 rings (SSSR count). The van der Waals surface area contributed by atoms with Gasteiger partial charge in [0.05, 0.1) is 18.3 Å². The summed E-state index contributed by atoms with van der Waals surface area (Å²) in [4.78, 5) is 62.2. The average Bonchev–Trinajstić information content (AvgIpc) is 3.59. The predicted octanol–water partition coefficient (Wildman–Crippen LogP) is 5.73. The number of alkyl halides is 3. The van der Waals surface area contributed by atoms with Gasteiger partial charge in [0.1, 0.15) is 40.3 Å². The summed E-state index contributed by atoms with van der Waals surface area (Å²) in [6.07, 6.45) is 1.89. The summed E-state index contributed by atoms with van der Waals surface area (Å²) in [5.41, 5.74) is 1.16. The van der Waals surface area contributed by atoms with Crippen molar-refractivity contribution in [3.05, 3.63) is 83.3 Å². The first-order chi connectivity index (χ1) is 27.2. The van der Waals surface area contributed by atoms with E-state index in [1.807, 2.05) is 24.9 Å². The second-order valence-electron chi connectivity index (χ2n) is 15.1. The topological polar surface area (TPSA) is 150 Å². The molecule has 13 nitrogen and oxygen atoms in total. The molecule has 1 aromatic carbocycles. The molecule has 3 aliphatic rings. The van der Waals surface area contributed by atoms with Gasteiger partial charge in [-0.1, -0.05) is 12.1 Å². The highest BCUT2D eigenvalue weighted by molar-refractivity contribution is 6.04. The molecule has 3 aromatic heterocycles. The van der Waals surface area contributed by atoms with E-state index in [2.05, 4.69) is 25.8 Å². The van der Waals surface area contributed by atoms with Gasteiger partial charge in [0.2, 0.25) is 17.7 Å². The van der Waals surface area contributed by atoms with Crippen LogP contribution in [0.25, 0.3) is 5.65 Å².